The largest absolute Gasteiger partial charge is 0.469 e. The van der Waals surface area contributed by atoms with Gasteiger partial charge < -0.3 is 9.52 Å². The van der Waals surface area contributed by atoms with Gasteiger partial charge in [-0.2, -0.15) is 0 Å². The summed E-state index contributed by atoms with van der Waals surface area (Å²) in [5, 5.41) is 13.3. The summed E-state index contributed by atoms with van der Waals surface area (Å²) in [6.07, 6.45) is 2.45. The molecule has 1 atom stereocenters. The number of thiazole rings is 1. The lowest BCUT2D eigenvalue weighted by Crippen LogP contribution is -2.12. The fraction of sp³-hybridized carbons (Fsp3) is 0.533. The molecular weight excluding hydrogens is 258 g/mol. The maximum absolute atomic E-state index is 10.3. The topological polar surface area (TPSA) is 46.3 Å². The molecule has 2 rings (SSSR count). The van der Waals surface area contributed by atoms with Crippen molar-refractivity contribution in [2.45, 2.75) is 52.1 Å². The number of hydrogen-bond donors (Lipinski definition) is 1. The summed E-state index contributed by atoms with van der Waals surface area (Å²) in [5.74, 6) is 0.861. The van der Waals surface area contributed by atoms with E-state index in [1.165, 1.54) is 0 Å². The van der Waals surface area contributed by atoms with Gasteiger partial charge in [0.15, 0.2) is 0 Å². The van der Waals surface area contributed by atoms with Crippen LogP contribution in [0.3, 0.4) is 0 Å². The van der Waals surface area contributed by atoms with Gasteiger partial charge in [0.1, 0.15) is 5.76 Å². The first-order chi connectivity index (χ1) is 8.91. The van der Waals surface area contributed by atoms with Crippen LogP contribution >= 0.6 is 11.3 Å². The van der Waals surface area contributed by atoms with Gasteiger partial charge >= 0.3 is 0 Å². The van der Waals surface area contributed by atoms with Gasteiger partial charge in [-0.15, -0.1) is 11.3 Å². The molecule has 1 unspecified atom stereocenters. The predicted octanol–water partition coefficient (Wildman–Crippen LogP) is 3.87. The average Bonchev–Trinajstić information content (AvgIpc) is 2.95. The van der Waals surface area contributed by atoms with Crippen LogP contribution in [0, 0.1) is 0 Å². The summed E-state index contributed by atoms with van der Waals surface area (Å²) in [7, 11) is 0. The monoisotopic (exact) mass is 279 g/mol. The van der Waals surface area contributed by atoms with E-state index >= 15 is 0 Å². The molecule has 2 heterocycles. The van der Waals surface area contributed by atoms with Crippen LogP contribution in [0.25, 0.3) is 0 Å². The Hall–Kier alpha value is -1.13. The van der Waals surface area contributed by atoms with E-state index in [0.29, 0.717) is 6.42 Å². The van der Waals surface area contributed by atoms with Crippen molar-refractivity contribution < 1.29 is 9.52 Å². The molecule has 0 spiro atoms. The molecule has 0 aliphatic rings. The highest BCUT2D eigenvalue weighted by Gasteiger charge is 2.20. The zero-order valence-electron chi connectivity index (χ0n) is 11.9. The molecule has 2 aromatic heterocycles. The zero-order chi connectivity index (χ0) is 14.0. The van der Waals surface area contributed by atoms with Crippen molar-refractivity contribution in [1.82, 2.24) is 4.98 Å². The quantitative estimate of drug-likeness (QED) is 0.924. The molecule has 0 fully saturated rings. The Bertz CT molecular complexity index is 536. The molecule has 0 amide bonds. The third kappa shape index (κ3) is 3.25. The number of aliphatic hydroxyl groups is 1. The lowest BCUT2D eigenvalue weighted by Gasteiger charge is -2.14. The van der Waals surface area contributed by atoms with Crippen molar-refractivity contribution in [1.29, 1.82) is 0 Å². The molecular formula is C15H21NO2S. The SMILES string of the molecule is CCc1occc1C(O)Cc1nc(C(C)(C)C)cs1. The van der Waals surface area contributed by atoms with Crippen molar-refractivity contribution in [2.75, 3.05) is 0 Å². The summed E-state index contributed by atoms with van der Waals surface area (Å²) in [5.41, 5.74) is 2.03. The van der Waals surface area contributed by atoms with Gasteiger partial charge in [-0.3, -0.25) is 0 Å². The first-order valence-electron chi connectivity index (χ1n) is 6.61. The number of aliphatic hydroxyl groups excluding tert-OH is 1. The molecule has 0 radical (unpaired) electrons. The molecule has 1 N–H and O–H groups in total. The Morgan fingerprint density at radius 1 is 1.42 bits per heavy atom. The molecule has 19 heavy (non-hydrogen) atoms. The minimum atomic E-state index is -0.535. The van der Waals surface area contributed by atoms with Gasteiger partial charge in [-0.1, -0.05) is 27.7 Å². The van der Waals surface area contributed by atoms with E-state index < -0.39 is 6.10 Å². The van der Waals surface area contributed by atoms with Crippen molar-refractivity contribution in [2.24, 2.45) is 0 Å². The van der Waals surface area contributed by atoms with Gasteiger partial charge in [0, 0.05) is 29.2 Å². The molecule has 0 aliphatic carbocycles. The van der Waals surface area contributed by atoms with Gasteiger partial charge in [0.05, 0.1) is 23.1 Å². The second kappa shape index (κ2) is 5.47. The Morgan fingerprint density at radius 3 is 2.74 bits per heavy atom. The van der Waals surface area contributed by atoms with E-state index in [0.717, 1.165) is 28.4 Å². The fourth-order valence-electron chi connectivity index (χ4n) is 1.96. The molecule has 104 valence electrons. The lowest BCUT2D eigenvalue weighted by molar-refractivity contribution is 0.175. The highest BCUT2D eigenvalue weighted by atomic mass is 32.1. The Labute approximate surface area is 118 Å². The van der Waals surface area contributed by atoms with Crippen LogP contribution in [0.5, 0.6) is 0 Å². The molecule has 4 heteroatoms. The number of furan rings is 1. The van der Waals surface area contributed by atoms with Crippen LogP contribution in [0.2, 0.25) is 0 Å². The van der Waals surface area contributed by atoms with Crippen LogP contribution in [0.15, 0.2) is 22.1 Å². The molecule has 0 aliphatic heterocycles. The van der Waals surface area contributed by atoms with Gasteiger partial charge in [-0.05, 0) is 6.07 Å². The standard InChI is InChI=1S/C15H21NO2S/c1-5-12-10(6-7-18-12)11(17)8-14-16-13(9-19-14)15(2,3)4/h6-7,9,11,17H,5,8H2,1-4H3. The number of hydrogen-bond acceptors (Lipinski definition) is 4. The predicted molar refractivity (Wildman–Crippen MR) is 77.6 cm³/mol. The number of aromatic nitrogens is 1. The van der Waals surface area contributed by atoms with Crippen LogP contribution in [0.4, 0.5) is 0 Å². The average molecular weight is 279 g/mol. The normalized spacial score (nSPS) is 13.7. The molecule has 0 bridgehead atoms. The Morgan fingerprint density at radius 2 is 2.16 bits per heavy atom. The van der Waals surface area contributed by atoms with Gasteiger partial charge in [0.25, 0.3) is 0 Å². The van der Waals surface area contributed by atoms with Crippen molar-refractivity contribution in [3.05, 3.63) is 39.7 Å². The lowest BCUT2D eigenvalue weighted by atomic mass is 9.93. The van der Waals surface area contributed by atoms with Crippen LogP contribution in [-0.2, 0) is 18.3 Å². The third-order valence-corrected chi connectivity index (χ3v) is 4.02. The minimum absolute atomic E-state index is 0.0594. The highest BCUT2D eigenvalue weighted by molar-refractivity contribution is 7.09. The van der Waals surface area contributed by atoms with Crippen LogP contribution < -0.4 is 0 Å². The number of aryl methyl sites for hydroxylation is 1. The Balaban J connectivity index is 2.11. The molecule has 0 aromatic carbocycles. The summed E-state index contributed by atoms with van der Waals surface area (Å²) in [6.45, 7) is 8.46. The molecule has 0 saturated heterocycles. The minimum Gasteiger partial charge on any atom is -0.469 e. The zero-order valence-corrected chi connectivity index (χ0v) is 12.8. The maximum Gasteiger partial charge on any atom is 0.109 e. The molecule has 0 saturated carbocycles. The van der Waals surface area contributed by atoms with Crippen molar-refractivity contribution >= 4 is 11.3 Å². The van der Waals surface area contributed by atoms with E-state index in [2.05, 4.69) is 31.1 Å². The summed E-state index contributed by atoms with van der Waals surface area (Å²) >= 11 is 1.61. The first-order valence-corrected chi connectivity index (χ1v) is 7.49. The van der Waals surface area contributed by atoms with E-state index in [-0.39, 0.29) is 5.41 Å². The number of nitrogens with zero attached hydrogens (tertiary/aromatic N) is 1. The van der Waals surface area contributed by atoms with E-state index in [1.54, 1.807) is 17.6 Å². The van der Waals surface area contributed by atoms with E-state index in [4.69, 9.17) is 4.42 Å². The second-order valence-corrected chi connectivity index (χ2v) is 6.69. The van der Waals surface area contributed by atoms with Crippen molar-refractivity contribution in [3.63, 3.8) is 0 Å². The summed E-state index contributed by atoms with van der Waals surface area (Å²) in [4.78, 5) is 4.61. The smallest absolute Gasteiger partial charge is 0.109 e. The Kier molecular flexibility index (Phi) is 4.11. The summed E-state index contributed by atoms with van der Waals surface area (Å²) in [6, 6.07) is 1.85. The van der Waals surface area contributed by atoms with E-state index in [9.17, 15) is 5.11 Å². The third-order valence-electron chi connectivity index (χ3n) is 3.15. The highest BCUT2D eigenvalue weighted by Crippen LogP contribution is 2.28. The number of rotatable bonds is 4. The van der Waals surface area contributed by atoms with Crippen LogP contribution in [-0.4, -0.2) is 10.1 Å². The van der Waals surface area contributed by atoms with Crippen LogP contribution in [0.1, 0.15) is 55.8 Å². The van der Waals surface area contributed by atoms with Gasteiger partial charge in [-0.25, -0.2) is 4.98 Å². The molecule has 3 nitrogen and oxygen atoms in total. The first kappa shape index (κ1) is 14.3. The van der Waals surface area contributed by atoms with Crippen molar-refractivity contribution in [3.8, 4) is 0 Å². The molecule has 2 aromatic rings. The second-order valence-electron chi connectivity index (χ2n) is 5.75. The fourth-order valence-corrected chi connectivity index (χ4v) is 3.02. The van der Waals surface area contributed by atoms with E-state index in [1.807, 2.05) is 13.0 Å². The van der Waals surface area contributed by atoms with Gasteiger partial charge in [0.2, 0.25) is 0 Å². The summed E-state index contributed by atoms with van der Waals surface area (Å²) < 4.78 is 5.36. The maximum atomic E-state index is 10.3.